The van der Waals surface area contributed by atoms with E-state index in [9.17, 15) is 13.6 Å². The lowest BCUT2D eigenvalue weighted by Gasteiger charge is -2.18. The highest BCUT2D eigenvalue weighted by Crippen LogP contribution is 2.17. The second-order valence-corrected chi connectivity index (χ2v) is 8.12. The summed E-state index contributed by atoms with van der Waals surface area (Å²) in [7, 11) is 0. The summed E-state index contributed by atoms with van der Waals surface area (Å²) in [6.45, 7) is 1.32. The number of hydrogen-bond donors (Lipinski definition) is 2. The summed E-state index contributed by atoms with van der Waals surface area (Å²) in [5, 5.41) is 6.60. The van der Waals surface area contributed by atoms with E-state index in [4.69, 9.17) is 11.6 Å². The van der Waals surface area contributed by atoms with Crippen LogP contribution in [0.15, 0.2) is 43.0 Å². The van der Waals surface area contributed by atoms with Gasteiger partial charge in [-0.3, -0.25) is 18.1 Å². The van der Waals surface area contributed by atoms with Crippen LogP contribution in [0.5, 0.6) is 0 Å². The molecule has 2 aromatic heterocycles. The van der Waals surface area contributed by atoms with Gasteiger partial charge < -0.3 is 10.6 Å². The zero-order valence-corrected chi connectivity index (χ0v) is 19.2. The molecule has 1 amide bonds. The van der Waals surface area contributed by atoms with Gasteiger partial charge in [-0.25, -0.2) is 9.97 Å². The lowest BCUT2D eigenvalue weighted by molar-refractivity contribution is 0.0946. The zero-order valence-electron chi connectivity index (χ0n) is 18.4. The molecule has 0 unspecified atom stereocenters. The summed E-state index contributed by atoms with van der Waals surface area (Å²) < 4.78 is 26.9. The third-order valence-corrected chi connectivity index (χ3v) is 5.29. The molecule has 0 aliphatic heterocycles. The number of benzene rings is 1. The number of nitrogens with zero attached hydrogens (tertiary/aromatic N) is 4. The Hall–Kier alpha value is -3.07. The number of aromatic nitrogens is 4. The van der Waals surface area contributed by atoms with Gasteiger partial charge >= 0.3 is 0 Å². The van der Waals surface area contributed by atoms with Crippen molar-refractivity contribution in [2.45, 2.75) is 45.2 Å². The van der Waals surface area contributed by atoms with E-state index in [0.717, 1.165) is 11.1 Å². The average molecular weight is 477 g/mol. The topological polar surface area (TPSA) is 84.7 Å². The number of rotatable bonds is 12. The number of amides is 1. The first-order chi connectivity index (χ1) is 16.0. The Kier molecular flexibility index (Phi) is 9.12. The molecule has 176 valence electrons. The number of aryl methyl sites for hydroxylation is 1. The molecule has 33 heavy (non-hydrogen) atoms. The maximum atomic E-state index is 12.6. The number of carbonyl (C=O) groups excluding carboxylic acids is 1. The summed E-state index contributed by atoms with van der Waals surface area (Å²) in [5.41, 5.74) is 1.91. The molecule has 7 nitrogen and oxygen atoms in total. The normalized spacial score (nSPS) is 11.1. The average Bonchev–Trinajstić information content (AvgIpc) is 3.30. The van der Waals surface area contributed by atoms with Crippen LogP contribution in [0.3, 0.4) is 0 Å². The highest BCUT2D eigenvalue weighted by atomic mass is 35.5. The van der Waals surface area contributed by atoms with Crippen LogP contribution in [0.4, 0.5) is 14.7 Å². The van der Waals surface area contributed by atoms with E-state index in [2.05, 4.69) is 25.6 Å². The Morgan fingerprint density at radius 1 is 1.18 bits per heavy atom. The predicted molar refractivity (Wildman–Crippen MR) is 124 cm³/mol. The van der Waals surface area contributed by atoms with Crippen LogP contribution in [-0.2, 0) is 6.54 Å². The number of nitrogens with one attached hydrogen (secondary N) is 2. The summed E-state index contributed by atoms with van der Waals surface area (Å²) in [4.78, 5) is 25.6. The van der Waals surface area contributed by atoms with Crippen molar-refractivity contribution in [1.82, 2.24) is 24.8 Å². The molecular weight excluding hydrogens is 450 g/mol. The Bertz CT molecular complexity index is 1050. The van der Waals surface area contributed by atoms with Gasteiger partial charge in [0, 0.05) is 35.6 Å². The SMILES string of the molecule is Cc1cnc(NC(CCCF)CCCF)nc1-n1cnc(C(=O)NCc2cccc(Cl)c2)c1. The minimum absolute atomic E-state index is 0.123. The van der Waals surface area contributed by atoms with Crippen molar-refractivity contribution < 1.29 is 13.6 Å². The van der Waals surface area contributed by atoms with Crippen molar-refractivity contribution in [3.63, 3.8) is 0 Å². The second-order valence-electron chi connectivity index (χ2n) is 7.68. The molecule has 0 atom stereocenters. The molecule has 10 heteroatoms. The lowest BCUT2D eigenvalue weighted by Crippen LogP contribution is -2.23. The quantitative estimate of drug-likeness (QED) is 0.391. The van der Waals surface area contributed by atoms with Crippen LogP contribution in [0.1, 0.15) is 47.3 Å². The van der Waals surface area contributed by atoms with E-state index < -0.39 is 13.3 Å². The first-order valence-corrected chi connectivity index (χ1v) is 11.2. The van der Waals surface area contributed by atoms with Crippen molar-refractivity contribution >= 4 is 23.5 Å². The highest BCUT2D eigenvalue weighted by Gasteiger charge is 2.15. The summed E-state index contributed by atoms with van der Waals surface area (Å²) in [6, 6.07) is 7.13. The summed E-state index contributed by atoms with van der Waals surface area (Å²) in [6.07, 6.45) is 6.66. The minimum atomic E-state index is -0.426. The number of imidazole rings is 1. The van der Waals surface area contributed by atoms with Gasteiger partial charge in [-0.15, -0.1) is 0 Å². The molecule has 0 saturated carbocycles. The van der Waals surface area contributed by atoms with Gasteiger partial charge in [0.15, 0.2) is 0 Å². The third kappa shape index (κ3) is 7.21. The number of carbonyl (C=O) groups is 1. The molecule has 0 spiro atoms. The third-order valence-electron chi connectivity index (χ3n) is 5.05. The molecule has 1 aromatic carbocycles. The van der Waals surface area contributed by atoms with Crippen LogP contribution in [-0.4, -0.2) is 44.8 Å². The number of alkyl halides is 2. The van der Waals surface area contributed by atoms with Gasteiger partial charge in [-0.05, 0) is 50.3 Å². The van der Waals surface area contributed by atoms with Crippen molar-refractivity contribution in [3.8, 4) is 5.82 Å². The zero-order chi connectivity index (χ0) is 23.6. The Morgan fingerprint density at radius 2 is 1.94 bits per heavy atom. The Morgan fingerprint density at radius 3 is 2.64 bits per heavy atom. The first kappa shape index (κ1) is 24.6. The number of hydrogen-bond acceptors (Lipinski definition) is 5. The molecule has 2 heterocycles. The largest absolute Gasteiger partial charge is 0.351 e. The van der Waals surface area contributed by atoms with Gasteiger partial charge in [0.2, 0.25) is 5.95 Å². The van der Waals surface area contributed by atoms with E-state index in [1.807, 2.05) is 19.1 Å². The number of halogens is 3. The highest BCUT2D eigenvalue weighted by molar-refractivity contribution is 6.30. The summed E-state index contributed by atoms with van der Waals surface area (Å²) >= 11 is 5.98. The van der Waals surface area contributed by atoms with Crippen LogP contribution in [0, 0.1) is 6.92 Å². The van der Waals surface area contributed by atoms with E-state index in [1.54, 1.807) is 29.1 Å². The van der Waals surface area contributed by atoms with Crippen LogP contribution in [0.25, 0.3) is 5.82 Å². The van der Waals surface area contributed by atoms with Gasteiger partial charge in [-0.2, -0.15) is 4.98 Å². The monoisotopic (exact) mass is 476 g/mol. The van der Waals surface area contributed by atoms with Gasteiger partial charge in [0.05, 0.1) is 13.3 Å². The molecule has 3 rings (SSSR count). The molecule has 0 aliphatic carbocycles. The number of anilines is 1. The Balaban J connectivity index is 1.69. The van der Waals surface area contributed by atoms with Crippen molar-refractivity contribution in [2.75, 3.05) is 18.7 Å². The molecule has 0 radical (unpaired) electrons. The summed E-state index contributed by atoms with van der Waals surface area (Å²) in [5.74, 6) is 0.596. The molecular formula is C23H27ClF2N6O. The van der Waals surface area contributed by atoms with E-state index in [1.165, 1.54) is 6.33 Å². The fourth-order valence-electron chi connectivity index (χ4n) is 3.36. The lowest BCUT2D eigenvalue weighted by atomic mass is 10.1. The van der Waals surface area contributed by atoms with Gasteiger partial charge in [-0.1, -0.05) is 23.7 Å². The van der Waals surface area contributed by atoms with Crippen LogP contribution in [0.2, 0.25) is 5.02 Å². The maximum Gasteiger partial charge on any atom is 0.271 e. The minimum Gasteiger partial charge on any atom is -0.351 e. The molecule has 0 saturated heterocycles. The van der Waals surface area contributed by atoms with Crippen LogP contribution < -0.4 is 10.6 Å². The van der Waals surface area contributed by atoms with E-state index in [0.29, 0.717) is 49.0 Å². The van der Waals surface area contributed by atoms with Gasteiger partial charge in [0.1, 0.15) is 17.8 Å². The van der Waals surface area contributed by atoms with E-state index >= 15 is 0 Å². The Labute approximate surface area is 196 Å². The fourth-order valence-corrected chi connectivity index (χ4v) is 3.57. The second kappa shape index (κ2) is 12.2. The molecule has 0 bridgehead atoms. The fraction of sp³-hybridized carbons (Fsp3) is 0.391. The van der Waals surface area contributed by atoms with Crippen molar-refractivity contribution in [3.05, 3.63) is 64.8 Å². The van der Waals surface area contributed by atoms with Gasteiger partial charge in [0.25, 0.3) is 5.91 Å². The predicted octanol–water partition coefficient (Wildman–Crippen LogP) is 4.83. The smallest absolute Gasteiger partial charge is 0.271 e. The van der Waals surface area contributed by atoms with E-state index in [-0.39, 0.29) is 17.6 Å². The van der Waals surface area contributed by atoms with Crippen molar-refractivity contribution in [1.29, 1.82) is 0 Å². The first-order valence-electron chi connectivity index (χ1n) is 10.8. The van der Waals surface area contributed by atoms with Crippen molar-refractivity contribution in [2.24, 2.45) is 0 Å². The molecule has 0 fully saturated rings. The standard InChI is InChI=1S/C23H27ClF2N6O/c1-16-12-28-23(30-19(7-3-9-25)8-4-10-26)31-21(16)32-14-20(29-15-32)22(33)27-13-17-5-2-6-18(24)11-17/h2,5-6,11-12,14-15,19H,3-4,7-10,13H2,1H3,(H,27,33)(H,28,30,31). The molecule has 0 aliphatic rings. The molecule has 2 N–H and O–H groups in total. The molecule has 3 aromatic rings. The van der Waals surface area contributed by atoms with Crippen LogP contribution >= 0.6 is 11.6 Å². The maximum absolute atomic E-state index is 12.6.